The molecule has 1 unspecified atom stereocenters. The zero-order valence-electron chi connectivity index (χ0n) is 18.9. The average Bonchev–Trinajstić information content (AvgIpc) is 2.67. The highest BCUT2D eigenvalue weighted by molar-refractivity contribution is 14.0. The molecule has 10 heteroatoms. The van der Waals surface area contributed by atoms with Crippen LogP contribution >= 0.6 is 24.0 Å². The summed E-state index contributed by atoms with van der Waals surface area (Å²) in [6.45, 7) is 13.6. The van der Waals surface area contributed by atoms with Gasteiger partial charge in [-0.2, -0.15) is 0 Å². The number of hydrogen-bond donors (Lipinski definition) is 2. The monoisotopic (exact) mass is 533 g/mol. The number of rotatable bonds is 5. The van der Waals surface area contributed by atoms with Crippen LogP contribution in [-0.4, -0.2) is 78.3 Å². The van der Waals surface area contributed by atoms with E-state index in [1.54, 1.807) is 19.4 Å². The minimum atomic E-state index is -0.517. The summed E-state index contributed by atoms with van der Waals surface area (Å²) in [4.78, 5) is 29.6. The standard InChI is InChI=1S/C20H35N7O2.HI/c1-15(2)16(25-19(28)29-20(3,4)5)14-24-17(21-6)26-10-12-27(13-11-26)18-22-8-7-9-23-18;/h7-9,15-16H,10-14H2,1-6H3,(H,21,24)(H,25,28);1H. The van der Waals surface area contributed by atoms with Crippen molar-refractivity contribution in [3.05, 3.63) is 18.5 Å². The van der Waals surface area contributed by atoms with Gasteiger partial charge < -0.3 is 25.2 Å². The number of anilines is 1. The van der Waals surface area contributed by atoms with E-state index in [0.717, 1.165) is 38.1 Å². The lowest BCUT2D eigenvalue weighted by Crippen LogP contribution is -2.55. The van der Waals surface area contributed by atoms with Gasteiger partial charge >= 0.3 is 6.09 Å². The predicted octanol–water partition coefficient (Wildman–Crippen LogP) is 2.34. The molecule has 1 fully saturated rings. The van der Waals surface area contributed by atoms with Gasteiger partial charge in [-0.05, 0) is 32.8 Å². The maximum Gasteiger partial charge on any atom is 0.407 e. The summed E-state index contributed by atoms with van der Waals surface area (Å²) in [7, 11) is 1.78. The highest BCUT2D eigenvalue weighted by atomic mass is 127. The number of amides is 1. The van der Waals surface area contributed by atoms with Crippen LogP contribution in [0.25, 0.3) is 0 Å². The van der Waals surface area contributed by atoms with Crippen molar-refractivity contribution in [1.29, 1.82) is 0 Å². The molecule has 2 rings (SSSR count). The van der Waals surface area contributed by atoms with E-state index in [0.29, 0.717) is 6.54 Å². The summed E-state index contributed by atoms with van der Waals surface area (Å²) >= 11 is 0. The zero-order valence-corrected chi connectivity index (χ0v) is 21.2. The van der Waals surface area contributed by atoms with Crippen molar-refractivity contribution in [2.45, 2.75) is 46.3 Å². The summed E-state index contributed by atoms with van der Waals surface area (Å²) in [6.07, 6.45) is 3.13. The third-order valence-electron chi connectivity index (χ3n) is 4.61. The molecule has 0 aromatic carbocycles. The van der Waals surface area contributed by atoms with Gasteiger partial charge in [0.05, 0.1) is 6.04 Å². The first-order valence-electron chi connectivity index (χ1n) is 10.2. The summed E-state index contributed by atoms with van der Waals surface area (Å²) < 4.78 is 5.39. The van der Waals surface area contributed by atoms with Gasteiger partial charge in [0, 0.05) is 52.2 Å². The number of aromatic nitrogens is 2. The van der Waals surface area contributed by atoms with Gasteiger partial charge in [0.2, 0.25) is 5.95 Å². The largest absolute Gasteiger partial charge is 0.444 e. The molecule has 1 aliphatic heterocycles. The molecular formula is C20H36IN7O2. The molecule has 30 heavy (non-hydrogen) atoms. The number of nitrogens with zero attached hydrogens (tertiary/aromatic N) is 5. The van der Waals surface area contributed by atoms with E-state index in [1.165, 1.54) is 0 Å². The van der Waals surface area contributed by atoms with Crippen molar-refractivity contribution in [2.24, 2.45) is 10.9 Å². The molecule has 1 atom stereocenters. The number of piperazine rings is 1. The Morgan fingerprint density at radius 1 is 1.20 bits per heavy atom. The van der Waals surface area contributed by atoms with Crippen molar-refractivity contribution in [1.82, 2.24) is 25.5 Å². The van der Waals surface area contributed by atoms with Crippen molar-refractivity contribution in [3.8, 4) is 0 Å². The van der Waals surface area contributed by atoms with Gasteiger partial charge in [-0.1, -0.05) is 13.8 Å². The lowest BCUT2D eigenvalue weighted by Gasteiger charge is -2.37. The Hall–Kier alpha value is -1.85. The van der Waals surface area contributed by atoms with Crippen LogP contribution in [0.3, 0.4) is 0 Å². The number of carbonyl (C=O) groups is 1. The van der Waals surface area contributed by atoms with E-state index in [9.17, 15) is 4.79 Å². The van der Waals surface area contributed by atoms with Crippen LogP contribution in [0.1, 0.15) is 34.6 Å². The second-order valence-corrected chi connectivity index (χ2v) is 8.45. The Kier molecular flexibility index (Phi) is 10.6. The third-order valence-corrected chi connectivity index (χ3v) is 4.61. The molecule has 170 valence electrons. The lowest BCUT2D eigenvalue weighted by molar-refractivity contribution is 0.0491. The van der Waals surface area contributed by atoms with Crippen LogP contribution in [-0.2, 0) is 4.74 Å². The van der Waals surface area contributed by atoms with E-state index in [1.807, 2.05) is 26.8 Å². The van der Waals surface area contributed by atoms with Crippen molar-refractivity contribution < 1.29 is 9.53 Å². The lowest BCUT2D eigenvalue weighted by atomic mass is 10.0. The Bertz CT molecular complexity index is 671. The summed E-state index contributed by atoms with van der Waals surface area (Å²) in [5, 5.41) is 6.36. The maximum atomic E-state index is 12.1. The predicted molar refractivity (Wildman–Crippen MR) is 131 cm³/mol. The second kappa shape index (κ2) is 12.1. The normalized spacial score (nSPS) is 16.0. The first-order chi connectivity index (χ1) is 13.7. The van der Waals surface area contributed by atoms with E-state index in [4.69, 9.17) is 4.74 Å². The fraction of sp³-hybridized carbons (Fsp3) is 0.700. The summed E-state index contributed by atoms with van der Waals surface area (Å²) in [5.74, 6) is 1.84. The fourth-order valence-corrected chi connectivity index (χ4v) is 3.02. The summed E-state index contributed by atoms with van der Waals surface area (Å²) in [6, 6.07) is 1.75. The minimum absolute atomic E-state index is 0. The molecule has 0 radical (unpaired) electrons. The van der Waals surface area contributed by atoms with Gasteiger partial charge in [0.25, 0.3) is 0 Å². The van der Waals surface area contributed by atoms with E-state index in [-0.39, 0.29) is 35.9 Å². The smallest absolute Gasteiger partial charge is 0.407 e. The molecule has 0 saturated carbocycles. The number of halogens is 1. The zero-order chi connectivity index (χ0) is 21.4. The number of alkyl carbamates (subject to hydrolysis) is 1. The van der Waals surface area contributed by atoms with Crippen LogP contribution in [0, 0.1) is 5.92 Å². The second-order valence-electron chi connectivity index (χ2n) is 8.45. The maximum absolute atomic E-state index is 12.1. The van der Waals surface area contributed by atoms with Gasteiger partial charge in [-0.25, -0.2) is 14.8 Å². The fourth-order valence-electron chi connectivity index (χ4n) is 3.02. The highest BCUT2D eigenvalue weighted by Crippen LogP contribution is 2.11. The number of nitrogens with one attached hydrogen (secondary N) is 2. The van der Waals surface area contributed by atoms with Crippen LogP contribution in [0.5, 0.6) is 0 Å². The SMILES string of the molecule is CN=C(NCC(NC(=O)OC(C)(C)C)C(C)C)N1CCN(c2ncccn2)CC1.I. The Balaban J connectivity index is 0.00000450. The van der Waals surface area contributed by atoms with Crippen molar-refractivity contribution in [3.63, 3.8) is 0 Å². The molecule has 0 bridgehead atoms. The highest BCUT2D eigenvalue weighted by Gasteiger charge is 2.24. The van der Waals surface area contributed by atoms with Crippen molar-refractivity contribution in [2.75, 3.05) is 44.7 Å². The van der Waals surface area contributed by atoms with Crippen LogP contribution in [0.4, 0.5) is 10.7 Å². The Morgan fingerprint density at radius 3 is 2.30 bits per heavy atom. The van der Waals surface area contributed by atoms with Crippen molar-refractivity contribution >= 4 is 42.0 Å². The molecule has 1 aromatic heterocycles. The molecule has 0 spiro atoms. The van der Waals surface area contributed by atoms with E-state index < -0.39 is 11.7 Å². The number of guanidine groups is 1. The molecule has 9 nitrogen and oxygen atoms in total. The van der Waals surface area contributed by atoms with Gasteiger partial charge in [0.1, 0.15) is 5.60 Å². The van der Waals surface area contributed by atoms with Gasteiger partial charge in [-0.3, -0.25) is 4.99 Å². The van der Waals surface area contributed by atoms with Crippen LogP contribution in [0.15, 0.2) is 23.5 Å². The topological polar surface area (TPSA) is 95.0 Å². The number of hydrogen-bond acceptors (Lipinski definition) is 6. The van der Waals surface area contributed by atoms with Gasteiger partial charge in [0.15, 0.2) is 5.96 Å². The van der Waals surface area contributed by atoms with Gasteiger partial charge in [-0.15, -0.1) is 24.0 Å². The Labute approximate surface area is 197 Å². The molecule has 1 amide bonds. The number of ether oxygens (including phenoxy) is 1. The molecule has 2 N–H and O–H groups in total. The molecular weight excluding hydrogens is 497 g/mol. The molecule has 1 aromatic rings. The number of carbonyl (C=O) groups excluding carboxylic acids is 1. The average molecular weight is 533 g/mol. The minimum Gasteiger partial charge on any atom is -0.444 e. The molecule has 1 saturated heterocycles. The third kappa shape index (κ3) is 8.49. The van der Waals surface area contributed by atoms with Crippen LogP contribution < -0.4 is 15.5 Å². The van der Waals surface area contributed by atoms with E-state index >= 15 is 0 Å². The number of aliphatic imine (C=N–C) groups is 1. The molecule has 1 aliphatic rings. The first kappa shape index (κ1) is 26.2. The molecule has 2 heterocycles. The first-order valence-corrected chi connectivity index (χ1v) is 10.2. The Morgan fingerprint density at radius 2 is 1.80 bits per heavy atom. The van der Waals surface area contributed by atoms with Crippen LogP contribution in [0.2, 0.25) is 0 Å². The quantitative estimate of drug-likeness (QED) is 0.341. The molecule has 0 aliphatic carbocycles. The van der Waals surface area contributed by atoms with E-state index in [2.05, 4.69) is 49.2 Å². The summed E-state index contributed by atoms with van der Waals surface area (Å²) in [5.41, 5.74) is -0.517.